The van der Waals surface area contributed by atoms with Gasteiger partial charge in [0.2, 0.25) is 11.8 Å². The predicted molar refractivity (Wildman–Crippen MR) is 101 cm³/mol. The van der Waals surface area contributed by atoms with Gasteiger partial charge >= 0.3 is 0 Å². The molecule has 0 bridgehead atoms. The monoisotopic (exact) mass is 367 g/mol. The highest BCUT2D eigenvalue weighted by Crippen LogP contribution is 2.24. The number of benzene rings is 2. The van der Waals surface area contributed by atoms with Crippen LogP contribution in [0.15, 0.2) is 48.5 Å². The second-order valence-corrected chi connectivity index (χ2v) is 6.23. The molecule has 0 aromatic heterocycles. The van der Waals surface area contributed by atoms with E-state index in [-0.39, 0.29) is 30.8 Å². The molecule has 1 atom stereocenters. The smallest absolute Gasteiger partial charge is 0.254 e. The fraction of sp³-hybridized carbons (Fsp3) is 0.250. The highest BCUT2D eigenvalue weighted by Gasteiger charge is 2.32. The maximum atomic E-state index is 12.7. The van der Waals surface area contributed by atoms with Crippen molar-refractivity contribution in [1.82, 2.24) is 10.6 Å². The molecular formula is C20H21N3O4. The lowest BCUT2D eigenvalue weighted by molar-refractivity contribution is -0.124. The van der Waals surface area contributed by atoms with Crippen molar-refractivity contribution in [3.8, 4) is 5.75 Å². The topological polar surface area (TPSA) is 87.7 Å². The first-order valence-corrected chi connectivity index (χ1v) is 8.61. The van der Waals surface area contributed by atoms with E-state index >= 15 is 0 Å². The van der Waals surface area contributed by atoms with E-state index in [4.69, 9.17) is 4.74 Å². The number of rotatable bonds is 5. The molecule has 7 heteroatoms. The van der Waals surface area contributed by atoms with Gasteiger partial charge in [-0.2, -0.15) is 0 Å². The molecule has 27 heavy (non-hydrogen) atoms. The molecule has 2 N–H and O–H groups in total. The standard InChI is InChI=1S/C20H21N3O4/c1-13-20(26)23(16-9-5-4-8-15(16)19(25)22-13)12-18(24)21-11-14-7-3-6-10-17(14)27-2/h3-10,13H,11-12H2,1-2H3,(H,21,24)(H,22,25)/t13-/m0/s1. The molecule has 0 fully saturated rings. The number of methoxy groups -OCH3 is 1. The van der Waals surface area contributed by atoms with Crippen molar-refractivity contribution in [2.24, 2.45) is 0 Å². The van der Waals surface area contributed by atoms with E-state index in [0.29, 0.717) is 17.0 Å². The molecule has 1 heterocycles. The number of anilines is 1. The average molecular weight is 367 g/mol. The Bertz CT molecular complexity index is 881. The van der Waals surface area contributed by atoms with Gasteiger partial charge in [0, 0.05) is 12.1 Å². The largest absolute Gasteiger partial charge is 0.496 e. The van der Waals surface area contributed by atoms with Crippen LogP contribution in [0.4, 0.5) is 5.69 Å². The normalized spacial score (nSPS) is 16.2. The molecule has 140 valence electrons. The van der Waals surface area contributed by atoms with Crippen molar-refractivity contribution in [3.05, 3.63) is 59.7 Å². The number of fused-ring (bicyclic) bond motifs is 1. The van der Waals surface area contributed by atoms with E-state index in [1.54, 1.807) is 38.3 Å². The lowest BCUT2D eigenvalue weighted by Crippen LogP contribution is -2.47. The Morgan fingerprint density at radius 2 is 1.85 bits per heavy atom. The highest BCUT2D eigenvalue weighted by atomic mass is 16.5. The van der Waals surface area contributed by atoms with Gasteiger partial charge in [0.25, 0.3) is 5.91 Å². The lowest BCUT2D eigenvalue weighted by Gasteiger charge is -2.23. The summed E-state index contributed by atoms with van der Waals surface area (Å²) in [7, 11) is 1.57. The predicted octanol–water partition coefficient (Wildman–Crippen LogP) is 1.48. The second-order valence-electron chi connectivity index (χ2n) is 6.23. The Morgan fingerprint density at radius 3 is 2.63 bits per heavy atom. The van der Waals surface area contributed by atoms with E-state index in [2.05, 4.69) is 10.6 Å². The minimum atomic E-state index is -0.716. The van der Waals surface area contributed by atoms with E-state index in [0.717, 1.165) is 5.56 Å². The molecule has 1 aliphatic rings. The van der Waals surface area contributed by atoms with Gasteiger partial charge in [0.1, 0.15) is 18.3 Å². The molecule has 3 rings (SSSR count). The van der Waals surface area contributed by atoms with E-state index in [1.165, 1.54) is 4.90 Å². The third-order valence-electron chi connectivity index (χ3n) is 4.39. The quantitative estimate of drug-likeness (QED) is 0.838. The lowest BCUT2D eigenvalue weighted by atomic mass is 10.1. The molecule has 3 amide bonds. The van der Waals surface area contributed by atoms with Crippen molar-refractivity contribution < 1.29 is 19.1 Å². The zero-order valence-corrected chi connectivity index (χ0v) is 15.2. The second kappa shape index (κ2) is 7.90. The summed E-state index contributed by atoms with van der Waals surface area (Å²) < 4.78 is 5.27. The summed E-state index contributed by atoms with van der Waals surface area (Å²) in [4.78, 5) is 38.8. The summed E-state index contributed by atoms with van der Waals surface area (Å²) in [5.74, 6) is -0.313. The van der Waals surface area contributed by atoms with Gasteiger partial charge < -0.3 is 20.3 Å². The summed E-state index contributed by atoms with van der Waals surface area (Å²) >= 11 is 0. The van der Waals surface area contributed by atoms with Gasteiger partial charge in [0.05, 0.1) is 18.4 Å². The van der Waals surface area contributed by atoms with Crippen LogP contribution in [-0.2, 0) is 16.1 Å². The van der Waals surface area contributed by atoms with Crippen LogP contribution in [0.5, 0.6) is 5.75 Å². The van der Waals surface area contributed by atoms with E-state index < -0.39 is 6.04 Å². The van der Waals surface area contributed by atoms with Crippen LogP contribution < -0.4 is 20.3 Å². The molecule has 0 saturated heterocycles. The first-order chi connectivity index (χ1) is 13.0. The summed E-state index contributed by atoms with van der Waals surface area (Å²) in [6.07, 6.45) is 0. The van der Waals surface area contributed by atoms with E-state index in [1.807, 2.05) is 24.3 Å². The van der Waals surface area contributed by atoms with Gasteiger partial charge in [-0.25, -0.2) is 0 Å². The van der Waals surface area contributed by atoms with Gasteiger partial charge in [-0.1, -0.05) is 30.3 Å². The number of para-hydroxylation sites is 2. The Labute approximate surface area is 157 Å². The molecule has 7 nitrogen and oxygen atoms in total. The number of amides is 3. The highest BCUT2D eigenvalue weighted by molar-refractivity contribution is 6.12. The SMILES string of the molecule is COc1ccccc1CNC(=O)CN1C(=O)[C@H](C)NC(=O)c2ccccc21. The van der Waals surface area contributed by atoms with Gasteiger partial charge in [-0.05, 0) is 25.1 Å². The maximum Gasteiger partial charge on any atom is 0.254 e. The first kappa shape index (κ1) is 18.4. The molecule has 0 saturated carbocycles. The molecule has 2 aromatic rings. The van der Waals surface area contributed by atoms with Crippen LogP contribution in [0.2, 0.25) is 0 Å². The molecule has 0 aliphatic carbocycles. The number of carbonyl (C=O) groups excluding carboxylic acids is 3. The average Bonchev–Trinajstić information content (AvgIpc) is 2.77. The Morgan fingerprint density at radius 1 is 1.15 bits per heavy atom. The summed E-state index contributed by atoms with van der Waals surface area (Å²) in [5, 5.41) is 5.45. The van der Waals surface area contributed by atoms with Crippen molar-refractivity contribution >= 4 is 23.4 Å². The Hall–Kier alpha value is -3.35. The number of nitrogens with zero attached hydrogens (tertiary/aromatic N) is 1. The zero-order valence-electron chi connectivity index (χ0n) is 15.2. The third kappa shape index (κ3) is 3.92. The summed E-state index contributed by atoms with van der Waals surface area (Å²) in [5.41, 5.74) is 1.63. The van der Waals surface area contributed by atoms with Crippen LogP contribution in [0.1, 0.15) is 22.8 Å². The van der Waals surface area contributed by atoms with Crippen LogP contribution in [0.3, 0.4) is 0 Å². The van der Waals surface area contributed by atoms with Crippen LogP contribution in [0.25, 0.3) is 0 Å². The third-order valence-corrected chi connectivity index (χ3v) is 4.39. The first-order valence-electron chi connectivity index (χ1n) is 8.61. The van der Waals surface area contributed by atoms with Crippen LogP contribution in [0, 0.1) is 0 Å². The van der Waals surface area contributed by atoms with Crippen molar-refractivity contribution in [2.45, 2.75) is 19.5 Å². The maximum absolute atomic E-state index is 12.7. The van der Waals surface area contributed by atoms with Crippen molar-refractivity contribution in [3.63, 3.8) is 0 Å². The fourth-order valence-electron chi connectivity index (χ4n) is 3.00. The Kier molecular flexibility index (Phi) is 5.40. The van der Waals surface area contributed by atoms with Gasteiger partial charge in [-0.3, -0.25) is 14.4 Å². The molecule has 1 aliphatic heterocycles. The minimum Gasteiger partial charge on any atom is -0.496 e. The number of hydrogen-bond donors (Lipinski definition) is 2. The van der Waals surface area contributed by atoms with E-state index in [9.17, 15) is 14.4 Å². The van der Waals surface area contributed by atoms with Gasteiger partial charge in [0.15, 0.2) is 0 Å². The summed E-state index contributed by atoms with van der Waals surface area (Å²) in [6, 6.07) is 13.4. The molecular weight excluding hydrogens is 346 g/mol. The molecule has 2 aromatic carbocycles. The number of hydrogen-bond acceptors (Lipinski definition) is 4. The fourth-order valence-corrected chi connectivity index (χ4v) is 3.00. The number of carbonyl (C=O) groups is 3. The van der Waals surface area contributed by atoms with Gasteiger partial charge in [-0.15, -0.1) is 0 Å². The number of nitrogens with one attached hydrogen (secondary N) is 2. The number of ether oxygens (including phenoxy) is 1. The molecule has 0 spiro atoms. The van der Waals surface area contributed by atoms with Crippen molar-refractivity contribution in [2.75, 3.05) is 18.6 Å². The zero-order chi connectivity index (χ0) is 19.4. The van der Waals surface area contributed by atoms with Crippen LogP contribution in [-0.4, -0.2) is 37.4 Å². The molecule has 0 unspecified atom stereocenters. The van der Waals surface area contributed by atoms with Crippen molar-refractivity contribution in [1.29, 1.82) is 0 Å². The van der Waals surface area contributed by atoms with Crippen LogP contribution >= 0.6 is 0 Å². The Balaban J connectivity index is 1.76. The minimum absolute atomic E-state index is 0.176. The summed E-state index contributed by atoms with van der Waals surface area (Å²) in [6.45, 7) is 1.70. The molecule has 0 radical (unpaired) electrons.